The predicted molar refractivity (Wildman–Crippen MR) is 58.0 cm³/mol. The molecule has 0 bridgehead atoms. The van der Waals surface area contributed by atoms with Gasteiger partial charge in [0.25, 0.3) is 0 Å². The Balaban J connectivity index is 2.98. The molecule has 2 N–H and O–H groups in total. The van der Waals surface area contributed by atoms with Crippen molar-refractivity contribution in [2.75, 3.05) is 6.54 Å². The van der Waals surface area contributed by atoms with Crippen LogP contribution in [0, 0.1) is 0 Å². The van der Waals surface area contributed by atoms with E-state index in [9.17, 15) is 0 Å². The molecule has 3 heteroatoms. The minimum Gasteiger partial charge on any atom is -0.330 e. The normalized spacial score (nSPS) is 11.6. The van der Waals surface area contributed by atoms with Crippen LogP contribution >= 0.6 is 0 Å². The molecule has 0 aliphatic rings. The van der Waals surface area contributed by atoms with Gasteiger partial charge in [-0.05, 0) is 36.8 Å². The highest BCUT2D eigenvalue weighted by Gasteiger charge is 2.27. The molecule has 14 heavy (non-hydrogen) atoms. The Morgan fingerprint density at radius 2 is 1.79 bits per heavy atom. The van der Waals surface area contributed by atoms with Gasteiger partial charge in [-0.1, -0.05) is 13.8 Å². The van der Waals surface area contributed by atoms with E-state index in [0.29, 0.717) is 0 Å². The summed E-state index contributed by atoms with van der Waals surface area (Å²) in [6.07, 6.45) is 8.59. The largest absolute Gasteiger partial charge is 0.330 e. The molecule has 1 aromatic rings. The number of rotatable bonds is 5. The predicted octanol–water partition coefficient (Wildman–Crippen LogP) is 1.88. The lowest BCUT2D eigenvalue weighted by molar-refractivity contribution is 0.369. The van der Waals surface area contributed by atoms with E-state index in [1.54, 1.807) is 6.33 Å². The molecule has 0 aromatic carbocycles. The minimum absolute atomic E-state index is 0.177. The second-order valence-electron chi connectivity index (χ2n) is 3.65. The monoisotopic (exact) mass is 193 g/mol. The average molecular weight is 193 g/mol. The maximum atomic E-state index is 5.66. The zero-order valence-corrected chi connectivity index (χ0v) is 9.03. The standard InChI is InChI=1S/C11H19N3/c1-3-11(4-2,5-6-12)10-7-13-9-14-8-10/h7-9H,3-6,12H2,1-2H3. The Bertz CT molecular complexity index is 254. The topological polar surface area (TPSA) is 51.8 Å². The van der Waals surface area contributed by atoms with Gasteiger partial charge in [0.15, 0.2) is 0 Å². The molecule has 0 atom stereocenters. The van der Waals surface area contributed by atoms with Gasteiger partial charge in [-0.2, -0.15) is 0 Å². The zero-order chi connectivity index (χ0) is 10.4. The first kappa shape index (κ1) is 11.1. The minimum atomic E-state index is 0.177. The van der Waals surface area contributed by atoms with E-state index < -0.39 is 0 Å². The van der Waals surface area contributed by atoms with Gasteiger partial charge in [-0.3, -0.25) is 0 Å². The first-order valence-electron chi connectivity index (χ1n) is 5.24. The molecule has 0 spiro atoms. The molecule has 1 heterocycles. The highest BCUT2D eigenvalue weighted by atomic mass is 14.8. The lowest BCUT2D eigenvalue weighted by atomic mass is 9.74. The first-order chi connectivity index (χ1) is 6.79. The summed E-state index contributed by atoms with van der Waals surface area (Å²) in [5.41, 5.74) is 7.06. The third-order valence-electron chi connectivity index (χ3n) is 3.15. The second kappa shape index (κ2) is 5.05. The smallest absolute Gasteiger partial charge is 0.115 e. The van der Waals surface area contributed by atoms with Gasteiger partial charge in [-0.15, -0.1) is 0 Å². The van der Waals surface area contributed by atoms with Crippen molar-refractivity contribution in [2.45, 2.75) is 38.5 Å². The zero-order valence-electron chi connectivity index (χ0n) is 9.03. The molecular weight excluding hydrogens is 174 g/mol. The number of hydrogen-bond acceptors (Lipinski definition) is 3. The van der Waals surface area contributed by atoms with E-state index in [2.05, 4.69) is 23.8 Å². The fraction of sp³-hybridized carbons (Fsp3) is 0.636. The number of nitrogens with zero attached hydrogens (tertiary/aromatic N) is 2. The van der Waals surface area contributed by atoms with E-state index in [-0.39, 0.29) is 5.41 Å². The Morgan fingerprint density at radius 3 is 2.21 bits per heavy atom. The molecule has 0 unspecified atom stereocenters. The van der Waals surface area contributed by atoms with Gasteiger partial charge in [0, 0.05) is 12.4 Å². The maximum Gasteiger partial charge on any atom is 0.115 e. The van der Waals surface area contributed by atoms with E-state index in [4.69, 9.17) is 5.73 Å². The number of nitrogens with two attached hydrogens (primary N) is 1. The Hall–Kier alpha value is -0.960. The Morgan fingerprint density at radius 1 is 1.21 bits per heavy atom. The summed E-state index contributed by atoms with van der Waals surface area (Å²) in [4.78, 5) is 8.15. The van der Waals surface area contributed by atoms with E-state index in [1.165, 1.54) is 5.56 Å². The highest BCUT2D eigenvalue weighted by molar-refractivity contribution is 5.18. The average Bonchev–Trinajstić information content (AvgIpc) is 2.27. The summed E-state index contributed by atoms with van der Waals surface area (Å²) in [7, 11) is 0. The van der Waals surface area contributed by atoms with Crippen LogP contribution in [0.1, 0.15) is 38.7 Å². The van der Waals surface area contributed by atoms with Crippen LogP contribution in [-0.2, 0) is 5.41 Å². The molecule has 1 aromatic heterocycles. The molecule has 0 fully saturated rings. The molecule has 0 saturated carbocycles. The molecule has 0 aliphatic carbocycles. The number of hydrogen-bond donors (Lipinski definition) is 1. The third kappa shape index (κ3) is 2.10. The van der Waals surface area contributed by atoms with Crippen molar-refractivity contribution in [3.8, 4) is 0 Å². The molecule has 78 valence electrons. The quantitative estimate of drug-likeness (QED) is 0.776. The van der Waals surface area contributed by atoms with Gasteiger partial charge in [0.2, 0.25) is 0 Å². The van der Waals surface area contributed by atoms with E-state index in [1.807, 2.05) is 12.4 Å². The van der Waals surface area contributed by atoms with Crippen LogP contribution in [0.15, 0.2) is 18.7 Å². The van der Waals surface area contributed by atoms with Crippen molar-refractivity contribution in [3.63, 3.8) is 0 Å². The summed E-state index contributed by atoms with van der Waals surface area (Å²) in [5, 5.41) is 0. The van der Waals surface area contributed by atoms with E-state index in [0.717, 1.165) is 25.8 Å². The molecule has 1 rings (SSSR count). The van der Waals surface area contributed by atoms with Gasteiger partial charge >= 0.3 is 0 Å². The summed E-state index contributed by atoms with van der Waals surface area (Å²) in [5.74, 6) is 0. The van der Waals surface area contributed by atoms with Crippen LogP contribution in [0.25, 0.3) is 0 Å². The van der Waals surface area contributed by atoms with Gasteiger partial charge in [0.1, 0.15) is 6.33 Å². The van der Waals surface area contributed by atoms with Crippen LogP contribution < -0.4 is 5.73 Å². The van der Waals surface area contributed by atoms with Crippen LogP contribution in [0.2, 0.25) is 0 Å². The third-order valence-corrected chi connectivity index (χ3v) is 3.15. The molecule has 0 radical (unpaired) electrons. The summed E-state index contributed by atoms with van der Waals surface area (Å²) >= 11 is 0. The van der Waals surface area contributed by atoms with Gasteiger partial charge in [0.05, 0.1) is 0 Å². The molecular formula is C11H19N3. The van der Waals surface area contributed by atoms with Crippen LogP contribution in [0.5, 0.6) is 0 Å². The van der Waals surface area contributed by atoms with Crippen molar-refractivity contribution in [3.05, 3.63) is 24.3 Å². The van der Waals surface area contributed by atoms with Crippen molar-refractivity contribution >= 4 is 0 Å². The molecule has 0 aliphatic heterocycles. The molecule has 0 amide bonds. The van der Waals surface area contributed by atoms with Crippen molar-refractivity contribution in [1.82, 2.24) is 9.97 Å². The summed E-state index contributed by atoms with van der Waals surface area (Å²) in [6, 6.07) is 0. The fourth-order valence-corrected chi connectivity index (χ4v) is 2.01. The van der Waals surface area contributed by atoms with Crippen molar-refractivity contribution < 1.29 is 0 Å². The van der Waals surface area contributed by atoms with Crippen LogP contribution in [-0.4, -0.2) is 16.5 Å². The van der Waals surface area contributed by atoms with Crippen LogP contribution in [0.4, 0.5) is 0 Å². The second-order valence-corrected chi connectivity index (χ2v) is 3.65. The highest BCUT2D eigenvalue weighted by Crippen LogP contribution is 2.33. The summed E-state index contributed by atoms with van der Waals surface area (Å²) in [6.45, 7) is 5.12. The number of aromatic nitrogens is 2. The van der Waals surface area contributed by atoms with Gasteiger partial charge in [-0.25, -0.2) is 9.97 Å². The van der Waals surface area contributed by atoms with Crippen molar-refractivity contribution in [1.29, 1.82) is 0 Å². The molecule has 3 nitrogen and oxygen atoms in total. The molecule has 0 saturated heterocycles. The lowest BCUT2D eigenvalue weighted by Crippen LogP contribution is -2.28. The Kier molecular flexibility index (Phi) is 4.01. The fourth-order valence-electron chi connectivity index (χ4n) is 2.01. The van der Waals surface area contributed by atoms with E-state index >= 15 is 0 Å². The Labute approximate surface area is 85.8 Å². The maximum absolute atomic E-state index is 5.66. The van der Waals surface area contributed by atoms with Crippen molar-refractivity contribution in [2.24, 2.45) is 5.73 Å². The SMILES string of the molecule is CCC(CC)(CCN)c1cncnc1. The summed E-state index contributed by atoms with van der Waals surface area (Å²) < 4.78 is 0. The first-order valence-corrected chi connectivity index (χ1v) is 5.24. The lowest BCUT2D eigenvalue weighted by Gasteiger charge is -2.31. The van der Waals surface area contributed by atoms with Gasteiger partial charge < -0.3 is 5.73 Å². The van der Waals surface area contributed by atoms with Crippen LogP contribution in [0.3, 0.4) is 0 Å².